The average Bonchev–Trinajstić information content (AvgIpc) is 3.05. The van der Waals surface area contributed by atoms with Crippen LogP contribution in [0.4, 0.5) is 0 Å². The largest absolute Gasteiger partial charge is 0.311 e. The molecule has 0 bridgehead atoms. The minimum absolute atomic E-state index is 0.760. The minimum atomic E-state index is 0.760. The Morgan fingerprint density at radius 1 is 1.19 bits per heavy atom. The van der Waals surface area contributed by atoms with Gasteiger partial charge in [-0.05, 0) is 32.4 Å². The smallest absolute Gasteiger partial charge is 0.0207 e. The zero-order valence-corrected chi connectivity index (χ0v) is 10.9. The predicted octanol–water partition coefficient (Wildman–Crippen LogP) is 1.15. The van der Waals surface area contributed by atoms with Crippen LogP contribution in [-0.4, -0.2) is 61.2 Å². The van der Waals surface area contributed by atoms with Crippen LogP contribution >= 0.6 is 0 Å². The molecule has 16 heavy (non-hydrogen) atoms. The second-order valence-corrected chi connectivity index (χ2v) is 5.19. The Labute approximate surface area is 100 Å². The Kier molecular flexibility index (Phi) is 4.62. The molecule has 1 unspecified atom stereocenters. The second-order valence-electron chi connectivity index (χ2n) is 5.19. The van der Waals surface area contributed by atoms with Crippen LogP contribution in [-0.2, 0) is 0 Å². The van der Waals surface area contributed by atoms with Gasteiger partial charge < -0.3 is 10.2 Å². The SMILES string of the molecule is CCN(CC)CCNC1CCN(C2CC2)C1. The summed E-state index contributed by atoms with van der Waals surface area (Å²) in [6.45, 7) is 11.8. The molecule has 1 saturated carbocycles. The molecule has 0 aromatic carbocycles. The summed E-state index contributed by atoms with van der Waals surface area (Å²) >= 11 is 0. The van der Waals surface area contributed by atoms with E-state index in [9.17, 15) is 0 Å². The van der Waals surface area contributed by atoms with Gasteiger partial charge in [0, 0.05) is 38.3 Å². The summed E-state index contributed by atoms with van der Waals surface area (Å²) in [7, 11) is 0. The lowest BCUT2D eigenvalue weighted by Crippen LogP contribution is -2.38. The highest BCUT2D eigenvalue weighted by atomic mass is 15.2. The third kappa shape index (κ3) is 3.44. The van der Waals surface area contributed by atoms with Crippen molar-refractivity contribution < 1.29 is 0 Å². The molecule has 94 valence electrons. The summed E-state index contributed by atoms with van der Waals surface area (Å²) in [5.41, 5.74) is 0. The molecular formula is C13H27N3. The van der Waals surface area contributed by atoms with Gasteiger partial charge in [-0.3, -0.25) is 4.90 Å². The van der Waals surface area contributed by atoms with Crippen LogP contribution in [0.3, 0.4) is 0 Å². The van der Waals surface area contributed by atoms with Crippen molar-refractivity contribution in [3.8, 4) is 0 Å². The number of rotatable bonds is 7. The molecule has 1 aliphatic carbocycles. The van der Waals surface area contributed by atoms with E-state index in [0.29, 0.717) is 0 Å². The molecule has 2 rings (SSSR count). The number of nitrogens with one attached hydrogen (secondary N) is 1. The van der Waals surface area contributed by atoms with Gasteiger partial charge in [0.15, 0.2) is 0 Å². The molecule has 0 aromatic heterocycles. The number of hydrogen-bond donors (Lipinski definition) is 1. The molecule has 1 heterocycles. The summed E-state index contributed by atoms with van der Waals surface area (Å²) in [5, 5.41) is 3.71. The Hall–Kier alpha value is -0.120. The van der Waals surface area contributed by atoms with Crippen LogP contribution in [0.15, 0.2) is 0 Å². The lowest BCUT2D eigenvalue weighted by atomic mass is 10.2. The Morgan fingerprint density at radius 3 is 2.56 bits per heavy atom. The van der Waals surface area contributed by atoms with E-state index in [0.717, 1.165) is 18.6 Å². The summed E-state index contributed by atoms with van der Waals surface area (Å²) in [4.78, 5) is 5.16. The number of nitrogens with zero attached hydrogens (tertiary/aromatic N) is 2. The van der Waals surface area contributed by atoms with Crippen molar-refractivity contribution in [3.63, 3.8) is 0 Å². The third-order valence-electron chi connectivity index (χ3n) is 4.04. The van der Waals surface area contributed by atoms with Gasteiger partial charge in [0.05, 0.1) is 0 Å². The van der Waals surface area contributed by atoms with Gasteiger partial charge in [0.25, 0.3) is 0 Å². The van der Waals surface area contributed by atoms with E-state index < -0.39 is 0 Å². The van der Waals surface area contributed by atoms with E-state index in [1.165, 1.54) is 52.0 Å². The van der Waals surface area contributed by atoms with Crippen molar-refractivity contribution in [2.75, 3.05) is 39.3 Å². The minimum Gasteiger partial charge on any atom is -0.311 e. The highest BCUT2D eigenvalue weighted by molar-refractivity contribution is 4.91. The maximum absolute atomic E-state index is 3.71. The van der Waals surface area contributed by atoms with Crippen LogP contribution in [0.2, 0.25) is 0 Å². The lowest BCUT2D eigenvalue weighted by molar-refractivity contribution is 0.289. The first-order valence-corrected chi connectivity index (χ1v) is 7.03. The number of likely N-dealkylation sites (N-methyl/N-ethyl adjacent to an activating group) is 1. The molecule has 2 fully saturated rings. The van der Waals surface area contributed by atoms with Crippen molar-refractivity contribution in [1.29, 1.82) is 0 Å². The molecule has 0 radical (unpaired) electrons. The van der Waals surface area contributed by atoms with Crippen molar-refractivity contribution >= 4 is 0 Å². The van der Waals surface area contributed by atoms with Crippen molar-refractivity contribution in [2.45, 2.75) is 45.2 Å². The molecule has 1 saturated heterocycles. The number of hydrogen-bond acceptors (Lipinski definition) is 3. The molecule has 1 aliphatic heterocycles. The van der Waals surface area contributed by atoms with E-state index in [1.54, 1.807) is 0 Å². The monoisotopic (exact) mass is 225 g/mol. The zero-order valence-electron chi connectivity index (χ0n) is 10.9. The van der Waals surface area contributed by atoms with Crippen LogP contribution < -0.4 is 5.32 Å². The van der Waals surface area contributed by atoms with Gasteiger partial charge in [-0.15, -0.1) is 0 Å². The average molecular weight is 225 g/mol. The van der Waals surface area contributed by atoms with Crippen molar-refractivity contribution in [2.24, 2.45) is 0 Å². The van der Waals surface area contributed by atoms with E-state index in [2.05, 4.69) is 29.0 Å². The highest BCUT2D eigenvalue weighted by Gasteiger charge is 2.33. The van der Waals surface area contributed by atoms with Crippen LogP contribution in [0, 0.1) is 0 Å². The van der Waals surface area contributed by atoms with Crippen molar-refractivity contribution in [3.05, 3.63) is 0 Å². The zero-order chi connectivity index (χ0) is 11.4. The fourth-order valence-electron chi connectivity index (χ4n) is 2.69. The Morgan fingerprint density at radius 2 is 1.94 bits per heavy atom. The van der Waals surface area contributed by atoms with E-state index in [1.807, 2.05) is 0 Å². The summed E-state index contributed by atoms with van der Waals surface area (Å²) in [6.07, 6.45) is 4.26. The standard InChI is InChI=1S/C13H27N3/c1-3-15(4-2)10-8-14-12-7-9-16(11-12)13-5-6-13/h12-14H,3-11H2,1-2H3. The second kappa shape index (κ2) is 5.99. The van der Waals surface area contributed by atoms with E-state index >= 15 is 0 Å². The topological polar surface area (TPSA) is 18.5 Å². The molecule has 3 heteroatoms. The van der Waals surface area contributed by atoms with Gasteiger partial charge >= 0.3 is 0 Å². The van der Waals surface area contributed by atoms with Gasteiger partial charge in [0.1, 0.15) is 0 Å². The van der Waals surface area contributed by atoms with Crippen molar-refractivity contribution in [1.82, 2.24) is 15.1 Å². The molecule has 2 aliphatic rings. The molecule has 0 amide bonds. The first kappa shape index (κ1) is 12.3. The van der Waals surface area contributed by atoms with E-state index in [-0.39, 0.29) is 0 Å². The summed E-state index contributed by atoms with van der Waals surface area (Å²) < 4.78 is 0. The number of likely N-dealkylation sites (tertiary alicyclic amines) is 1. The fourth-order valence-corrected chi connectivity index (χ4v) is 2.69. The fraction of sp³-hybridized carbons (Fsp3) is 1.00. The molecule has 1 atom stereocenters. The van der Waals surface area contributed by atoms with Gasteiger partial charge in [-0.2, -0.15) is 0 Å². The van der Waals surface area contributed by atoms with Gasteiger partial charge in [-0.25, -0.2) is 0 Å². The van der Waals surface area contributed by atoms with Crippen LogP contribution in [0.1, 0.15) is 33.1 Å². The molecule has 0 aromatic rings. The maximum Gasteiger partial charge on any atom is 0.0207 e. The Balaban J connectivity index is 1.56. The molecule has 0 spiro atoms. The van der Waals surface area contributed by atoms with Gasteiger partial charge in [0.2, 0.25) is 0 Å². The predicted molar refractivity (Wildman–Crippen MR) is 68.8 cm³/mol. The van der Waals surface area contributed by atoms with Crippen LogP contribution in [0.5, 0.6) is 0 Å². The quantitative estimate of drug-likeness (QED) is 0.701. The summed E-state index contributed by atoms with van der Waals surface area (Å²) in [6, 6.07) is 1.71. The normalized spacial score (nSPS) is 26.8. The Bertz CT molecular complexity index is 199. The summed E-state index contributed by atoms with van der Waals surface area (Å²) in [5.74, 6) is 0. The first-order valence-electron chi connectivity index (χ1n) is 7.03. The van der Waals surface area contributed by atoms with Gasteiger partial charge in [-0.1, -0.05) is 13.8 Å². The highest BCUT2D eigenvalue weighted by Crippen LogP contribution is 2.29. The maximum atomic E-state index is 3.71. The first-order chi connectivity index (χ1) is 7.83. The molecular weight excluding hydrogens is 198 g/mol. The van der Waals surface area contributed by atoms with Crippen LogP contribution in [0.25, 0.3) is 0 Å². The third-order valence-corrected chi connectivity index (χ3v) is 4.04. The molecule has 1 N–H and O–H groups in total. The van der Waals surface area contributed by atoms with E-state index in [4.69, 9.17) is 0 Å². The molecule has 3 nitrogen and oxygen atoms in total. The lowest BCUT2D eigenvalue weighted by Gasteiger charge is -2.20.